The molecule has 0 aliphatic rings. The van der Waals surface area contributed by atoms with Crippen LogP contribution >= 0.6 is 0 Å². The van der Waals surface area contributed by atoms with Crippen molar-refractivity contribution in [2.24, 2.45) is 0 Å². The summed E-state index contributed by atoms with van der Waals surface area (Å²) in [5.41, 5.74) is 0. The van der Waals surface area contributed by atoms with Gasteiger partial charge in [-0.1, -0.05) is 0 Å². The van der Waals surface area contributed by atoms with E-state index >= 15 is 0 Å². The Labute approximate surface area is 86.5 Å². The number of hydrogen-bond donors (Lipinski definition) is 0. The Morgan fingerprint density at radius 1 is 1.15 bits per heavy atom. The maximum absolute atomic E-state index is 2.19. The first-order valence-electron chi connectivity index (χ1n) is 4.38. The second-order valence-corrected chi connectivity index (χ2v) is 5.01. The number of benzene rings is 1. The molecule has 0 fully saturated rings. The van der Waals surface area contributed by atoms with Crippen LogP contribution in [0.2, 0.25) is 0 Å². The predicted molar refractivity (Wildman–Crippen MR) is 60.4 cm³/mol. The number of rotatable bonds is 3. The summed E-state index contributed by atoms with van der Waals surface area (Å²) in [5.74, 6) is 0. The van der Waals surface area contributed by atoms with Crippen LogP contribution in [0.25, 0.3) is 0 Å². The average Bonchev–Trinajstić information content (AvgIpc) is 2.19. The first-order chi connectivity index (χ1) is 6.36. The fraction of sp³-hybridized carbons (Fsp3) is 0.167. The Morgan fingerprint density at radius 2 is 1.85 bits per heavy atom. The average molecular weight is 237 g/mol. The van der Waals surface area contributed by atoms with E-state index in [0.29, 0.717) is 15.0 Å². The van der Waals surface area contributed by atoms with E-state index in [2.05, 4.69) is 62.4 Å². The van der Waals surface area contributed by atoms with Gasteiger partial charge >= 0.3 is 86.3 Å². The summed E-state index contributed by atoms with van der Waals surface area (Å²) in [7, 11) is 0. The van der Waals surface area contributed by atoms with Gasteiger partial charge < -0.3 is 0 Å². The summed E-state index contributed by atoms with van der Waals surface area (Å²) in [5, 5.41) is 0. The van der Waals surface area contributed by atoms with Crippen LogP contribution in [0, 0.1) is 0 Å². The van der Waals surface area contributed by atoms with E-state index in [4.69, 9.17) is 0 Å². The van der Waals surface area contributed by atoms with Gasteiger partial charge in [-0.2, -0.15) is 0 Å². The van der Waals surface area contributed by atoms with E-state index in [9.17, 15) is 0 Å². The second kappa shape index (κ2) is 5.80. The van der Waals surface area contributed by atoms with Gasteiger partial charge in [-0.25, -0.2) is 0 Å². The molecule has 0 atom stereocenters. The van der Waals surface area contributed by atoms with E-state index in [0.717, 1.165) is 0 Å². The van der Waals surface area contributed by atoms with Gasteiger partial charge in [0.05, 0.1) is 0 Å². The van der Waals surface area contributed by atoms with Crippen LogP contribution in [0.3, 0.4) is 0 Å². The van der Waals surface area contributed by atoms with Crippen LogP contribution in [-0.4, -0.2) is 15.0 Å². The summed E-state index contributed by atoms with van der Waals surface area (Å²) in [6, 6.07) is 10.6. The zero-order chi connectivity index (χ0) is 9.52. The van der Waals surface area contributed by atoms with Gasteiger partial charge in [0, 0.05) is 0 Å². The normalized spacial score (nSPS) is 12.3. The molecule has 0 unspecified atom stereocenters. The molecule has 68 valence electrons. The standard InChI is InChI=1S/C12H14Se/c1-3-8-11(4-2)13-12-9-6-5-7-10-12/h3-10H,1-2H3/b8-3-,11-4-. The number of hydrogen-bond acceptors (Lipinski definition) is 0. The molecule has 0 heterocycles. The van der Waals surface area contributed by atoms with Crippen LogP contribution in [0.4, 0.5) is 0 Å². The fourth-order valence-corrected chi connectivity index (χ4v) is 2.84. The first kappa shape index (κ1) is 10.3. The predicted octanol–water partition coefficient (Wildman–Crippen LogP) is 2.50. The van der Waals surface area contributed by atoms with E-state index in [-0.39, 0.29) is 0 Å². The van der Waals surface area contributed by atoms with Crippen molar-refractivity contribution in [3.8, 4) is 0 Å². The van der Waals surface area contributed by atoms with E-state index < -0.39 is 0 Å². The molecule has 0 saturated heterocycles. The third-order valence-electron chi connectivity index (χ3n) is 1.59. The maximum atomic E-state index is 2.19. The van der Waals surface area contributed by atoms with E-state index in [1.165, 1.54) is 8.93 Å². The third kappa shape index (κ3) is 3.63. The Hall–Kier alpha value is -0.781. The summed E-state index contributed by atoms with van der Waals surface area (Å²) >= 11 is 0.461. The molecule has 1 aromatic rings. The first-order valence-corrected chi connectivity index (χ1v) is 6.10. The van der Waals surface area contributed by atoms with Crippen LogP contribution < -0.4 is 4.46 Å². The summed E-state index contributed by atoms with van der Waals surface area (Å²) in [4.78, 5) is 0. The molecule has 1 rings (SSSR count). The molecule has 0 aliphatic carbocycles. The van der Waals surface area contributed by atoms with Crippen molar-refractivity contribution in [3.63, 3.8) is 0 Å². The summed E-state index contributed by atoms with van der Waals surface area (Å²) < 4.78 is 2.86. The van der Waals surface area contributed by atoms with Gasteiger partial charge in [0.2, 0.25) is 0 Å². The van der Waals surface area contributed by atoms with Gasteiger partial charge in [0.25, 0.3) is 0 Å². The zero-order valence-corrected chi connectivity index (χ0v) is 9.74. The fourth-order valence-electron chi connectivity index (χ4n) is 0.978. The Kier molecular flexibility index (Phi) is 4.59. The molecule has 0 saturated carbocycles. The molecule has 0 radical (unpaired) electrons. The molecule has 1 heteroatoms. The van der Waals surface area contributed by atoms with Crippen molar-refractivity contribution in [2.45, 2.75) is 13.8 Å². The Bertz CT molecular complexity index is 296. The van der Waals surface area contributed by atoms with E-state index in [1.807, 2.05) is 0 Å². The van der Waals surface area contributed by atoms with Crippen molar-refractivity contribution in [3.05, 3.63) is 53.0 Å². The van der Waals surface area contributed by atoms with Crippen LogP contribution in [0.5, 0.6) is 0 Å². The molecule has 0 aromatic heterocycles. The molecular weight excluding hydrogens is 223 g/mol. The van der Waals surface area contributed by atoms with Crippen molar-refractivity contribution in [2.75, 3.05) is 0 Å². The molecule has 0 nitrogen and oxygen atoms in total. The minimum absolute atomic E-state index is 0.461. The minimum atomic E-state index is 0.461. The zero-order valence-electron chi connectivity index (χ0n) is 8.03. The van der Waals surface area contributed by atoms with Gasteiger partial charge in [-0.3, -0.25) is 0 Å². The second-order valence-electron chi connectivity index (χ2n) is 2.61. The molecule has 1 aromatic carbocycles. The summed E-state index contributed by atoms with van der Waals surface area (Å²) in [6.07, 6.45) is 6.47. The Morgan fingerprint density at radius 3 is 2.38 bits per heavy atom. The van der Waals surface area contributed by atoms with Crippen LogP contribution in [0.15, 0.2) is 53.0 Å². The molecule has 0 N–H and O–H groups in total. The third-order valence-corrected chi connectivity index (χ3v) is 3.93. The Balaban J connectivity index is 2.68. The number of allylic oxidation sites excluding steroid dienone is 4. The molecule has 0 spiro atoms. The van der Waals surface area contributed by atoms with E-state index in [1.54, 1.807) is 0 Å². The van der Waals surface area contributed by atoms with Crippen LogP contribution in [-0.2, 0) is 0 Å². The molecular formula is C12H14Se. The monoisotopic (exact) mass is 238 g/mol. The topological polar surface area (TPSA) is 0 Å². The quantitative estimate of drug-likeness (QED) is 0.559. The van der Waals surface area contributed by atoms with Gasteiger partial charge in [-0.05, 0) is 0 Å². The summed E-state index contributed by atoms with van der Waals surface area (Å²) in [6.45, 7) is 4.16. The molecule has 13 heavy (non-hydrogen) atoms. The molecule has 0 amide bonds. The van der Waals surface area contributed by atoms with Crippen molar-refractivity contribution in [1.29, 1.82) is 0 Å². The van der Waals surface area contributed by atoms with Gasteiger partial charge in [0.15, 0.2) is 0 Å². The van der Waals surface area contributed by atoms with Crippen molar-refractivity contribution < 1.29 is 0 Å². The molecule has 0 aliphatic heterocycles. The van der Waals surface area contributed by atoms with Crippen LogP contribution in [0.1, 0.15) is 13.8 Å². The van der Waals surface area contributed by atoms with Crippen molar-refractivity contribution >= 4 is 19.4 Å². The van der Waals surface area contributed by atoms with Crippen molar-refractivity contribution in [1.82, 2.24) is 0 Å². The van der Waals surface area contributed by atoms with Gasteiger partial charge in [0.1, 0.15) is 0 Å². The molecule has 0 bridgehead atoms. The van der Waals surface area contributed by atoms with Gasteiger partial charge in [-0.15, -0.1) is 0 Å². The SMILES string of the molecule is C/C=C\C(=C\C)[Se]c1ccccc1.